The quantitative estimate of drug-likeness (QED) is 0.891. The number of nitrogens with one attached hydrogen (secondary N) is 1. The first kappa shape index (κ1) is 13.4. The number of halogens is 3. The van der Waals surface area contributed by atoms with Gasteiger partial charge in [-0.15, -0.1) is 11.3 Å². The Balaban J connectivity index is 2.75. The van der Waals surface area contributed by atoms with Gasteiger partial charge in [-0.05, 0) is 20.4 Å². The van der Waals surface area contributed by atoms with E-state index < -0.39 is 12.2 Å². The maximum atomic E-state index is 12.6. The zero-order chi connectivity index (χ0) is 12.3. The summed E-state index contributed by atoms with van der Waals surface area (Å²) in [7, 11) is 0. The van der Waals surface area contributed by atoms with E-state index in [9.17, 15) is 13.2 Å². The fraction of sp³-hybridized carbons (Fsp3) is 0.700. The molecule has 1 unspecified atom stereocenters. The number of rotatable bonds is 4. The van der Waals surface area contributed by atoms with Crippen molar-refractivity contribution >= 4 is 11.3 Å². The van der Waals surface area contributed by atoms with Gasteiger partial charge in [-0.25, -0.2) is 4.98 Å². The molecule has 92 valence electrons. The summed E-state index contributed by atoms with van der Waals surface area (Å²) in [6.45, 7) is 5.64. The van der Waals surface area contributed by atoms with Crippen molar-refractivity contribution in [3.05, 3.63) is 15.6 Å². The fourth-order valence-corrected chi connectivity index (χ4v) is 2.33. The normalized spacial score (nSPS) is 14.1. The SMILES string of the molecule is CCNC(Cc1nc(C)c(C)s1)C(F)(F)F. The van der Waals surface area contributed by atoms with Crippen molar-refractivity contribution < 1.29 is 13.2 Å². The number of likely N-dealkylation sites (N-methyl/N-ethyl adjacent to an activating group) is 1. The lowest BCUT2D eigenvalue weighted by atomic mass is 10.2. The molecule has 0 saturated carbocycles. The third-order valence-corrected chi connectivity index (χ3v) is 3.39. The van der Waals surface area contributed by atoms with Crippen LogP contribution < -0.4 is 5.32 Å². The molecule has 0 bridgehead atoms. The van der Waals surface area contributed by atoms with E-state index in [1.54, 1.807) is 6.92 Å². The van der Waals surface area contributed by atoms with Gasteiger partial charge in [-0.3, -0.25) is 0 Å². The number of hydrogen-bond donors (Lipinski definition) is 1. The Kier molecular flexibility index (Phi) is 4.32. The Bertz CT molecular complexity index is 327. The Morgan fingerprint density at radius 3 is 2.38 bits per heavy atom. The molecule has 1 N–H and O–H groups in total. The van der Waals surface area contributed by atoms with Crippen molar-refractivity contribution in [2.75, 3.05) is 6.54 Å². The molecule has 6 heteroatoms. The molecule has 0 fully saturated rings. The van der Waals surface area contributed by atoms with Crippen LogP contribution in [0.4, 0.5) is 13.2 Å². The van der Waals surface area contributed by atoms with Gasteiger partial charge in [0.1, 0.15) is 6.04 Å². The number of alkyl halides is 3. The standard InChI is InChI=1S/C10H15F3N2S/c1-4-14-8(10(11,12)13)5-9-15-6(2)7(3)16-9/h8,14H,4-5H2,1-3H3. The van der Waals surface area contributed by atoms with Crippen molar-refractivity contribution in [3.63, 3.8) is 0 Å². The van der Waals surface area contributed by atoms with Crippen LogP contribution in [0.3, 0.4) is 0 Å². The lowest BCUT2D eigenvalue weighted by Gasteiger charge is -2.19. The molecule has 1 heterocycles. The zero-order valence-electron chi connectivity index (χ0n) is 9.48. The van der Waals surface area contributed by atoms with E-state index in [4.69, 9.17) is 0 Å². The summed E-state index contributed by atoms with van der Waals surface area (Å²) in [4.78, 5) is 5.10. The van der Waals surface area contributed by atoms with Crippen LogP contribution >= 0.6 is 11.3 Å². The first-order chi connectivity index (χ1) is 7.34. The smallest absolute Gasteiger partial charge is 0.306 e. The molecule has 0 radical (unpaired) electrons. The zero-order valence-corrected chi connectivity index (χ0v) is 10.3. The minimum atomic E-state index is -4.22. The molecule has 0 saturated heterocycles. The highest BCUT2D eigenvalue weighted by Crippen LogP contribution is 2.25. The third kappa shape index (κ3) is 3.45. The van der Waals surface area contributed by atoms with Gasteiger partial charge in [0.2, 0.25) is 0 Å². The minimum Gasteiger partial charge on any atom is -0.306 e. The maximum absolute atomic E-state index is 12.6. The number of aryl methyl sites for hydroxylation is 2. The second-order valence-corrected chi connectivity index (χ2v) is 4.89. The summed E-state index contributed by atoms with van der Waals surface area (Å²) in [5.41, 5.74) is 0.817. The number of nitrogens with zero attached hydrogens (tertiary/aromatic N) is 1. The summed E-state index contributed by atoms with van der Waals surface area (Å²) in [6, 6.07) is -1.50. The van der Waals surface area contributed by atoms with Crippen LogP contribution in [0, 0.1) is 13.8 Å². The first-order valence-electron chi connectivity index (χ1n) is 5.07. The first-order valence-corrected chi connectivity index (χ1v) is 5.89. The van der Waals surface area contributed by atoms with E-state index in [2.05, 4.69) is 10.3 Å². The highest BCUT2D eigenvalue weighted by atomic mass is 32.1. The molecule has 1 aromatic heterocycles. The van der Waals surface area contributed by atoms with Gasteiger partial charge >= 0.3 is 6.18 Å². The van der Waals surface area contributed by atoms with Crippen molar-refractivity contribution in [1.82, 2.24) is 10.3 Å². The van der Waals surface area contributed by atoms with Crippen molar-refractivity contribution in [2.24, 2.45) is 0 Å². The molecular formula is C10H15F3N2S. The highest BCUT2D eigenvalue weighted by molar-refractivity contribution is 7.11. The van der Waals surface area contributed by atoms with Gasteiger partial charge in [0, 0.05) is 11.3 Å². The van der Waals surface area contributed by atoms with E-state index in [-0.39, 0.29) is 6.42 Å². The summed E-state index contributed by atoms with van der Waals surface area (Å²) in [6.07, 6.45) is -4.31. The topological polar surface area (TPSA) is 24.9 Å². The van der Waals surface area contributed by atoms with Gasteiger partial charge in [0.05, 0.1) is 10.7 Å². The van der Waals surface area contributed by atoms with Crippen LogP contribution in [-0.2, 0) is 6.42 Å². The number of hydrogen-bond acceptors (Lipinski definition) is 3. The molecule has 0 spiro atoms. The van der Waals surface area contributed by atoms with Crippen LogP contribution in [0.1, 0.15) is 22.5 Å². The monoisotopic (exact) mass is 252 g/mol. The highest BCUT2D eigenvalue weighted by Gasteiger charge is 2.39. The molecule has 0 aliphatic carbocycles. The number of thiazole rings is 1. The Morgan fingerprint density at radius 1 is 1.38 bits per heavy atom. The molecule has 1 rings (SSSR count). The summed E-state index contributed by atoms with van der Waals surface area (Å²) < 4.78 is 37.8. The lowest BCUT2D eigenvalue weighted by Crippen LogP contribution is -2.43. The minimum absolute atomic E-state index is 0.0866. The van der Waals surface area contributed by atoms with Gasteiger partial charge in [0.25, 0.3) is 0 Å². The van der Waals surface area contributed by atoms with Gasteiger partial charge in [0.15, 0.2) is 0 Å². The molecule has 0 aliphatic rings. The van der Waals surface area contributed by atoms with E-state index in [0.717, 1.165) is 10.6 Å². The summed E-state index contributed by atoms with van der Waals surface area (Å²) in [5, 5.41) is 2.98. The van der Waals surface area contributed by atoms with Crippen molar-refractivity contribution in [1.29, 1.82) is 0 Å². The van der Waals surface area contributed by atoms with Gasteiger partial charge in [-0.2, -0.15) is 13.2 Å². The predicted molar refractivity (Wildman–Crippen MR) is 58.8 cm³/mol. The molecule has 2 nitrogen and oxygen atoms in total. The largest absolute Gasteiger partial charge is 0.404 e. The van der Waals surface area contributed by atoms with Gasteiger partial charge < -0.3 is 5.32 Å². The van der Waals surface area contributed by atoms with E-state index in [1.165, 1.54) is 11.3 Å². The van der Waals surface area contributed by atoms with Crippen LogP contribution in [0.25, 0.3) is 0 Å². The Hall–Kier alpha value is -0.620. The van der Waals surface area contributed by atoms with Crippen LogP contribution in [0.5, 0.6) is 0 Å². The third-order valence-electron chi connectivity index (χ3n) is 2.30. The molecular weight excluding hydrogens is 237 g/mol. The summed E-state index contributed by atoms with van der Waals surface area (Å²) in [5.74, 6) is 0. The van der Waals surface area contributed by atoms with E-state index >= 15 is 0 Å². The Morgan fingerprint density at radius 2 is 2.00 bits per heavy atom. The molecule has 1 aromatic rings. The van der Waals surface area contributed by atoms with Crippen LogP contribution in [0.2, 0.25) is 0 Å². The second kappa shape index (κ2) is 5.14. The van der Waals surface area contributed by atoms with Crippen LogP contribution in [0.15, 0.2) is 0 Å². The van der Waals surface area contributed by atoms with Crippen LogP contribution in [-0.4, -0.2) is 23.7 Å². The molecule has 16 heavy (non-hydrogen) atoms. The Labute approximate surface area is 96.9 Å². The van der Waals surface area contributed by atoms with E-state index in [0.29, 0.717) is 11.6 Å². The predicted octanol–water partition coefficient (Wildman–Crippen LogP) is 2.84. The molecule has 1 atom stereocenters. The van der Waals surface area contributed by atoms with Crippen molar-refractivity contribution in [3.8, 4) is 0 Å². The molecule has 0 aromatic carbocycles. The second-order valence-electron chi connectivity index (χ2n) is 3.61. The summed E-state index contributed by atoms with van der Waals surface area (Å²) >= 11 is 1.33. The average Bonchev–Trinajstić information content (AvgIpc) is 2.44. The molecule has 0 amide bonds. The maximum Gasteiger partial charge on any atom is 0.404 e. The van der Waals surface area contributed by atoms with E-state index in [1.807, 2.05) is 13.8 Å². The lowest BCUT2D eigenvalue weighted by molar-refractivity contribution is -0.155. The number of aromatic nitrogens is 1. The molecule has 0 aliphatic heterocycles. The fourth-order valence-electron chi connectivity index (χ4n) is 1.35. The average molecular weight is 252 g/mol. The van der Waals surface area contributed by atoms with Crippen molar-refractivity contribution in [2.45, 2.75) is 39.4 Å². The van der Waals surface area contributed by atoms with Gasteiger partial charge in [-0.1, -0.05) is 6.92 Å².